The zero-order valence-corrected chi connectivity index (χ0v) is 13.1. The summed E-state index contributed by atoms with van der Waals surface area (Å²) in [5.41, 5.74) is 0.692. The molecule has 1 rings (SSSR count). The molecule has 0 aliphatic carbocycles. The van der Waals surface area contributed by atoms with Crippen molar-refractivity contribution in [3.05, 3.63) is 11.4 Å². The first-order chi connectivity index (χ1) is 9.25. The SMILES string of the molecule is CCCN(CC)S(=O)(=O)c1c(C)nn(CC(=O)O)c1C. The monoisotopic (exact) mass is 303 g/mol. The van der Waals surface area contributed by atoms with Gasteiger partial charge in [0.25, 0.3) is 0 Å². The maximum absolute atomic E-state index is 12.6. The van der Waals surface area contributed by atoms with E-state index >= 15 is 0 Å². The van der Waals surface area contributed by atoms with Crippen LogP contribution in [0.5, 0.6) is 0 Å². The summed E-state index contributed by atoms with van der Waals surface area (Å²) in [5.74, 6) is -1.06. The van der Waals surface area contributed by atoms with Gasteiger partial charge in [0.15, 0.2) is 0 Å². The molecule has 0 unspecified atom stereocenters. The number of aliphatic carboxylic acids is 1. The highest BCUT2D eigenvalue weighted by molar-refractivity contribution is 7.89. The molecule has 0 aliphatic heterocycles. The van der Waals surface area contributed by atoms with Gasteiger partial charge in [-0.25, -0.2) is 8.42 Å². The van der Waals surface area contributed by atoms with Crippen LogP contribution in [0.1, 0.15) is 31.7 Å². The van der Waals surface area contributed by atoms with Crippen molar-refractivity contribution in [3.8, 4) is 0 Å². The second kappa shape index (κ2) is 6.36. The number of carbonyl (C=O) groups is 1. The lowest BCUT2D eigenvalue weighted by Gasteiger charge is -2.19. The molecule has 1 N–H and O–H groups in total. The van der Waals surface area contributed by atoms with E-state index in [1.54, 1.807) is 20.8 Å². The zero-order valence-electron chi connectivity index (χ0n) is 12.3. The van der Waals surface area contributed by atoms with Gasteiger partial charge in [-0.1, -0.05) is 13.8 Å². The van der Waals surface area contributed by atoms with Gasteiger partial charge in [0.05, 0.1) is 11.4 Å². The summed E-state index contributed by atoms with van der Waals surface area (Å²) in [4.78, 5) is 10.9. The summed E-state index contributed by atoms with van der Waals surface area (Å²) < 4.78 is 27.8. The first-order valence-corrected chi connectivity index (χ1v) is 7.95. The van der Waals surface area contributed by atoms with Crippen LogP contribution in [-0.2, 0) is 21.4 Å². The van der Waals surface area contributed by atoms with E-state index in [0.717, 1.165) is 0 Å². The highest BCUT2D eigenvalue weighted by Gasteiger charge is 2.29. The minimum atomic E-state index is -3.63. The third-order valence-electron chi connectivity index (χ3n) is 3.02. The molecule has 8 heteroatoms. The van der Waals surface area contributed by atoms with Crippen molar-refractivity contribution >= 4 is 16.0 Å². The maximum Gasteiger partial charge on any atom is 0.325 e. The molecule has 0 fully saturated rings. The minimum absolute atomic E-state index is 0.119. The molecule has 0 aromatic carbocycles. The molecule has 20 heavy (non-hydrogen) atoms. The largest absolute Gasteiger partial charge is 0.480 e. The summed E-state index contributed by atoms with van der Waals surface area (Å²) >= 11 is 0. The van der Waals surface area contributed by atoms with Crippen LogP contribution in [0.15, 0.2) is 4.90 Å². The first-order valence-electron chi connectivity index (χ1n) is 6.51. The molecule has 0 saturated carbocycles. The van der Waals surface area contributed by atoms with Crippen LogP contribution in [0.4, 0.5) is 0 Å². The van der Waals surface area contributed by atoms with Crippen molar-refractivity contribution in [2.75, 3.05) is 13.1 Å². The fraction of sp³-hybridized carbons (Fsp3) is 0.667. The Morgan fingerprint density at radius 3 is 2.40 bits per heavy atom. The normalized spacial score (nSPS) is 12.1. The highest BCUT2D eigenvalue weighted by atomic mass is 32.2. The van der Waals surface area contributed by atoms with Crippen molar-refractivity contribution in [2.24, 2.45) is 0 Å². The second-order valence-corrected chi connectivity index (χ2v) is 6.42. The lowest BCUT2D eigenvalue weighted by atomic mass is 10.4. The lowest BCUT2D eigenvalue weighted by molar-refractivity contribution is -0.137. The summed E-state index contributed by atoms with van der Waals surface area (Å²) in [6.45, 7) is 7.31. The van der Waals surface area contributed by atoms with Gasteiger partial charge in [0, 0.05) is 13.1 Å². The van der Waals surface area contributed by atoms with E-state index < -0.39 is 16.0 Å². The predicted octanol–water partition coefficient (Wildman–Crippen LogP) is 1.01. The molecule has 0 aliphatic rings. The molecular formula is C12H21N3O4S. The summed E-state index contributed by atoms with van der Waals surface area (Å²) in [6.07, 6.45) is 0.717. The van der Waals surface area contributed by atoms with Gasteiger partial charge >= 0.3 is 5.97 Å². The van der Waals surface area contributed by atoms with Crippen molar-refractivity contribution in [3.63, 3.8) is 0 Å². The number of rotatable bonds is 7. The second-order valence-electron chi connectivity index (χ2n) is 4.55. The molecule has 0 spiro atoms. The summed E-state index contributed by atoms with van der Waals surface area (Å²) in [6, 6.07) is 0. The molecule has 0 radical (unpaired) electrons. The van der Waals surface area contributed by atoms with Crippen LogP contribution >= 0.6 is 0 Å². The number of carboxylic acids is 1. The number of sulfonamides is 1. The van der Waals surface area contributed by atoms with Crippen molar-refractivity contribution in [2.45, 2.75) is 45.6 Å². The minimum Gasteiger partial charge on any atom is -0.480 e. The maximum atomic E-state index is 12.6. The lowest BCUT2D eigenvalue weighted by Crippen LogP contribution is -2.32. The van der Waals surface area contributed by atoms with E-state index in [2.05, 4.69) is 5.10 Å². The molecule has 0 saturated heterocycles. The number of aromatic nitrogens is 2. The Hall–Kier alpha value is -1.41. The Morgan fingerprint density at radius 2 is 1.95 bits per heavy atom. The van der Waals surface area contributed by atoms with E-state index in [9.17, 15) is 13.2 Å². The van der Waals surface area contributed by atoms with Crippen LogP contribution in [0.2, 0.25) is 0 Å². The number of hydrogen-bond acceptors (Lipinski definition) is 4. The Bertz CT molecular complexity index is 592. The molecule has 114 valence electrons. The Labute approximate surface area is 119 Å². The van der Waals surface area contributed by atoms with E-state index in [-0.39, 0.29) is 11.4 Å². The van der Waals surface area contributed by atoms with E-state index in [0.29, 0.717) is 30.9 Å². The van der Waals surface area contributed by atoms with Crippen LogP contribution in [-0.4, -0.2) is 46.7 Å². The number of carboxylic acid groups (broad SMARTS) is 1. The van der Waals surface area contributed by atoms with Crippen LogP contribution in [0, 0.1) is 13.8 Å². The summed E-state index contributed by atoms with van der Waals surface area (Å²) in [5, 5.41) is 12.8. The Kier molecular flexibility index (Phi) is 5.29. The average Bonchev–Trinajstić information content (AvgIpc) is 2.60. The fourth-order valence-electron chi connectivity index (χ4n) is 2.16. The van der Waals surface area contributed by atoms with E-state index in [1.807, 2.05) is 6.92 Å². The quantitative estimate of drug-likeness (QED) is 0.811. The first kappa shape index (κ1) is 16.6. The molecule has 0 atom stereocenters. The number of hydrogen-bond donors (Lipinski definition) is 1. The van der Waals surface area contributed by atoms with Crippen LogP contribution in [0.3, 0.4) is 0 Å². The number of aryl methyl sites for hydroxylation is 1. The molecule has 1 heterocycles. The molecule has 0 bridgehead atoms. The van der Waals surface area contributed by atoms with E-state index in [4.69, 9.17) is 5.11 Å². The third kappa shape index (κ3) is 3.18. The van der Waals surface area contributed by atoms with Crippen LogP contribution in [0.25, 0.3) is 0 Å². The van der Waals surface area contributed by atoms with Gasteiger partial charge in [-0.3, -0.25) is 9.48 Å². The molecule has 7 nitrogen and oxygen atoms in total. The molecular weight excluding hydrogens is 282 g/mol. The number of nitrogens with zero attached hydrogens (tertiary/aromatic N) is 3. The average molecular weight is 303 g/mol. The van der Waals surface area contributed by atoms with Crippen LogP contribution < -0.4 is 0 Å². The van der Waals surface area contributed by atoms with Crippen molar-refractivity contribution in [1.82, 2.24) is 14.1 Å². The Balaban J connectivity index is 3.31. The molecule has 1 aromatic rings. The molecule has 0 amide bonds. The topological polar surface area (TPSA) is 92.5 Å². The molecule has 1 aromatic heterocycles. The standard InChI is InChI=1S/C12H21N3O4S/c1-5-7-14(6-2)20(18,19)12-9(3)13-15(10(12)4)8-11(16)17/h5-8H2,1-4H3,(H,16,17). The van der Waals surface area contributed by atoms with Gasteiger partial charge in [0.2, 0.25) is 10.0 Å². The fourth-order valence-corrected chi connectivity index (χ4v) is 4.08. The predicted molar refractivity (Wildman–Crippen MR) is 74.1 cm³/mol. The van der Waals surface area contributed by atoms with Gasteiger partial charge in [-0.15, -0.1) is 0 Å². The zero-order chi connectivity index (χ0) is 15.5. The van der Waals surface area contributed by atoms with Crippen molar-refractivity contribution < 1.29 is 18.3 Å². The van der Waals surface area contributed by atoms with Gasteiger partial charge in [-0.2, -0.15) is 9.40 Å². The van der Waals surface area contributed by atoms with Crippen molar-refractivity contribution in [1.29, 1.82) is 0 Å². The Morgan fingerprint density at radius 1 is 1.35 bits per heavy atom. The smallest absolute Gasteiger partial charge is 0.325 e. The van der Waals surface area contributed by atoms with Gasteiger partial charge in [-0.05, 0) is 20.3 Å². The summed E-state index contributed by atoms with van der Waals surface area (Å²) in [7, 11) is -3.63. The van der Waals surface area contributed by atoms with Gasteiger partial charge in [0.1, 0.15) is 11.4 Å². The van der Waals surface area contributed by atoms with Gasteiger partial charge < -0.3 is 5.11 Å². The highest BCUT2D eigenvalue weighted by Crippen LogP contribution is 2.23. The third-order valence-corrected chi connectivity index (χ3v) is 5.25. The van der Waals surface area contributed by atoms with E-state index in [1.165, 1.54) is 8.99 Å².